The first-order valence-corrected chi connectivity index (χ1v) is 18.1. The van der Waals surface area contributed by atoms with Gasteiger partial charge in [-0.3, -0.25) is 0 Å². The van der Waals surface area contributed by atoms with E-state index >= 15 is 0 Å². The molecule has 0 saturated heterocycles. The minimum absolute atomic E-state index is 0.339. The molecule has 8 aromatic rings. The van der Waals surface area contributed by atoms with E-state index < -0.39 is 11.2 Å². The molecule has 0 fully saturated rings. The average Bonchev–Trinajstić information content (AvgIpc) is 3.66. The lowest BCUT2D eigenvalue weighted by Gasteiger charge is -2.32. The second-order valence-electron chi connectivity index (χ2n) is 14.7. The number of ether oxygens (including phenoxy) is 4. The summed E-state index contributed by atoms with van der Waals surface area (Å²) in [7, 11) is 0. The Bertz CT molecular complexity index is 2500. The van der Waals surface area contributed by atoms with Gasteiger partial charge in [-0.05, 0) is 70.2 Å². The van der Waals surface area contributed by atoms with Crippen LogP contribution in [0.2, 0.25) is 0 Å². The molecule has 6 nitrogen and oxygen atoms in total. The van der Waals surface area contributed by atoms with E-state index in [1.54, 1.807) is 0 Å². The van der Waals surface area contributed by atoms with Gasteiger partial charge in [0.25, 0.3) is 0 Å². The highest BCUT2D eigenvalue weighted by molar-refractivity contribution is 6.10. The minimum atomic E-state index is -0.614. The van der Waals surface area contributed by atoms with Crippen molar-refractivity contribution in [2.24, 2.45) is 0 Å². The lowest BCUT2D eigenvalue weighted by molar-refractivity contribution is -0.0465. The number of rotatable bonds is 2. The van der Waals surface area contributed by atoms with Gasteiger partial charge in [0.15, 0.2) is 11.5 Å². The molecule has 0 atom stereocenters. The molecule has 260 valence electrons. The summed E-state index contributed by atoms with van der Waals surface area (Å²) in [6.07, 6.45) is 0.672. The zero-order valence-corrected chi connectivity index (χ0v) is 30.1. The molecule has 0 aliphatic carbocycles. The van der Waals surface area contributed by atoms with Gasteiger partial charge in [-0.2, -0.15) is 0 Å². The monoisotopic (exact) mass is 686 g/mol. The minimum Gasteiger partial charge on any atom is -0.490 e. The van der Waals surface area contributed by atoms with Crippen LogP contribution < -0.4 is 14.2 Å². The number of para-hydroxylation sites is 4. The molecule has 0 amide bonds. The van der Waals surface area contributed by atoms with Gasteiger partial charge in [-0.15, -0.1) is 0 Å². The predicted molar refractivity (Wildman–Crippen MR) is 211 cm³/mol. The molecule has 6 aromatic carbocycles. The Morgan fingerprint density at radius 1 is 0.462 bits per heavy atom. The summed E-state index contributed by atoms with van der Waals surface area (Å²) in [5.41, 5.74) is 6.49. The van der Waals surface area contributed by atoms with Gasteiger partial charge in [0, 0.05) is 51.3 Å². The molecule has 52 heavy (non-hydrogen) atoms. The van der Waals surface area contributed by atoms with Crippen LogP contribution in [0.3, 0.4) is 0 Å². The van der Waals surface area contributed by atoms with Crippen molar-refractivity contribution in [3.05, 3.63) is 139 Å². The summed E-state index contributed by atoms with van der Waals surface area (Å²) >= 11 is 0. The Labute approximate surface area is 303 Å². The summed E-state index contributed by atoms with van der Waals surface area (Å²) in [5, 5.41) is 4.88. The van der Waals surface area contributed by atoms with Gasteiger partial charge < -0.3 is 28.1 Å². The van der Waals surface area contributed by atoms with Crippen molar-refractivity contribution in [3.8, 4) is 28.6 Å². The molecule has 0 N–H and O–H groups in total. The van der Waals surface area contributed by atoms with Gasteiger partial charge in [-0.1, -0.05) is 78.9 Å². The van der Waals surface area contributed by atoms with Crippen molar-refractivity contribution < 1.29 is 18.9 Å². The lowest BCUT2D eigenvalue weighted by Crippen LogP contribution is -2.33. The number of benzene rings is 6. The van der Waals surface area contributed by atoms with Crippen LogP contribution >= 0.6 is 0 Å². The Kier molecular flexibility index (Phi) is 7.74. The second-order valence-corrected chi connectivity index (χ2v) is 14.7. The van der Waals surface area contributed by atoms with Crippen molar-refractivity contribution in [2.75, 3.05) is 19.8 Å². The quantitative estimate of drug-likeness (QED) is 0.182. The molecule has 0 saturated carbocycles. The molecule has 0 radical (unpaired) electrons. The van der Waals surface area contributed by atoms with E-state index in [4.69, 9.17) is 18.9 Å². The van der Waals surface area contributed by atoms with E-state index in [1.807, 2.05) is 6.07 Å². The van der Waals surface area contributed by atoms with Gasteiger partial charge in [0.2, 0.25) is 0 Å². The van der Waals surface area contributed by atoms with Crippen LogP contribution in [-0.4, -0.2) is 34.6 Å². The van der Waals surface area contributed by atoms with Crippen LogP contribution in [0.5, 0.6) is 17.2 Å². The molecule has 0 unspecified atom stereocenters. The van der Waals surface area contributed by atoms with Crippen molar-refractivity contribution in [3.63, 3.8) is 0 Å². The molecule has 1 aliphatic rings. The van der Waals surface area contributed by atoms with Gasteiger partial charge in [0.1, 0.15) is 24.6 Å². The molecular weight excluding hydrogens is 645 g/mol. The first-order valence-electron chi connectivity index (χ1n) is 18.1. The van der Waals surface area contributed by atoms with Crippen LogP contribution in [0.15, 0.2) is 133 Å². The fourth-order valence-corrected chi connectivity index (χ4v) is 7.78. The molecule has 6 heteroatoms. The summed E-state index contributed by atoms with van der Waals surface area (Å²) in [6, 6.07) is 46.9. The smallest absolute Gasteiger partial charge is 0.164 e. The third-order valence-electron chi connectivity index (χ3n) is 10.4. The van der Waals surface area contributed by atoms with Crippen LogP contribution in [-0.2, 0) is 10.3 Å². The Morgan fingerprint density at radius 2 is 0.904 bits per heavy atom. The third-order valence-corrected chi connectivity index (χ3v) is 10.4. The van der Waals surface area contributed by atoms with E-state index in [0.29, 0.717) is 37.7 Å². The van der Waals surface area contributed by atoms with Crippen LogP contribution in [0.25, 0.3) is 55.0 Å². The zero-order chi connectivity index (χ0) is 35.5. The Balaban J connectivity index is 1.09. The average molecular weight is 687 g/mol. The summed E-state index contributed by atoms with van der Waals surface area (Å²) < 4.78 is 31.1. The fourth-order valence-electron chi connectivity index (χ4n) is 7.78. The first kappa shape index (κ1) is 32.2. The molecule has 2 aromatic heterocycles. The van der Waals surface area contributed by atoms with E-state index in [9.17, 15) is 0 Å². The number of hydrogen-bond donors (Lipinski definition) is 0. The van der Waals surface area contributed by atoms with Crippen LogP contribution in [0.1, 0.15) is 39.7 Å². The lowest BCUT2D eigenvalue weighted by atomic mass is 9.96. The molecular formula is C46H42N2O4. The number of fused-ring (bicyclic) bond motifs is 8. The Morgan fingerprint density at radius 3 is 1.42 bits per heavy atom. The largest absolute Gasteiger partial charge is 0.490 e. The van der Waals surface area contributed by atoms with E-state index in [1.165, 1.54) is 21.5 Å². The van der Waals surface area contributed by atoms with Crippen molar-refractivity contribution in [1.29, 1.82) is 0 Å². The highest BCUT2D eigenvalue weighted by atomic mass is 16.6. The van der Waals surface area contributed by atoms with E-state index in [2.05, 4.69) is 164 Å². The van der Waals surface area contributed by atoms with Crippen LogP contribution in [0, 0.1) is 0 Å². The molecule has 0 spiro atoms. The van der Waals surface area contributed by atoms with Gasteiger partial charge >= 0.3 is 0 Å². The maximum atomic E-state index is 6.79. The van der Waals surface area contributed by atoms with Crippen molar-refractivity contribution in [2.45, 2.75) is 45.3 Å². The van der Waals surface area contributed by atoms with Crippen LogP contribution in [0.4, 0.5) is 0 Å². The first-order chi connectivity index (χ1) is 25.3. The molecule has 0 bridgehead atoms. The Hall–Kier alpha value is -5.72. The number of nitrogens with zero attached hydrogens (tertiary/aromatic N) is 2. The number of hydrogen-bond acceptors (Lipinski definition) is 4. The predicted octanol–water partition coefficient (Wildman–Crippen LogP) is 11.2. The summed E-state index contributed by atoms with van der Waals surface area (Å²) in [6.45, 7) is 9.62. The third kappa shape index (κ3) is 5.55. The second kappa shape index (κ2) is 12.5. The van der Waals surface area contributed by atoms with E-state index in [0.717, 1.165) is 44.8 Å². The standard InChI is InChI=1S/C46H42N2O4/c1-45(2)25-26-51-46(3,4)37-23-21-31(47-38-17-9-5-13-33(38)34-14-6-10-18-39(34)47)29-43(37)50-28-27-49-42-24-22-32(30-44(42)52-45)48-40-19-11-7-15-35(40)36-16-8-12-20-41(36)48/h5-24,29-30H,25-28H2,1-4H3. The maximum Gasteiger partial charge on any atom is 0.164 e. The van der Waals surface area contributed by atoms with Crippen molar-refractivity contribution >= 4 is 43.6 Å². The highest BCUT2D eigenvalue weighted by Crippen LogP contribution is 2.40. The highest BCUT2D eigenvalue weighted by Gasteiger charge is 2.30. The van der Waals surface area contributed by atoms with Gasteiger partial charge in [-0.25, -0.2) is 0 Å². The number of aromatic nitrogens is 2. The van der Waals surface area contributed by atoms with E-state index in [-0.39, 0.29) is 0 Å². The maximum absolute atomic E-state index is 6.79. The normalized spacial score (nSPS) is 16.1. The summed E-state index contributed by atoms with van der Waals surface area (Å²) in [4.78, 5) is 0. The zero-order valence-electron chi connectivity index (χ0n) is 30.1. The molecule has 1 aliphatic heterocycles. The van der Waals surface area contributed by atoms with Crippen molar-refractivity contribution in [1.82, 2.24) is 9.13 Å². The SMILES string of the molecule is CC1(C)CCOC(C)(C)c2ccc(-n3c4ccccc4c4ccccc43)cc2OCCOc2ccc(-n3c4ccccc4c4ccccc43)cc2O1. The molecule has 3 heterocycles. The molecule has 9 rings (SSSR count). The fraction of sp³-hybridized carbons (Fsp3) is 0.217. The topological polar surface area (TPSA) is 46.8 Å². The summed E-state index contributed by atoms with van der Waals surface area (Å²) in [5.74, 6) is 2.15. The van der Waals surface area contributed by atoms with Gasteiger partial charge in [0.05, 0.1) is 40.0 Å².